The normalized spacial score (nSPS) is 11.9. The molecule has 1 aromatic rings. The van der Waals surface area contributed by atoms with Gasteiger partial charge >= 0.3 is 0 Å². The zero-order valence-electron chi connectivity index (χ0n) is 10.4. The van der Waals surface area contributed by atoms with Crippen molar-refractivity contribution >= 4 is 17.5 Å². The average molecular weight is 233 g/mol. The molecule has 0 saturated carbocycles. The lowest BCUT2D eigenvalue weighted by atomic mass is 10.1. The first kappa shape index (κ1) is 13.0. The topological polar surface area (TPSA) is 12.4 Å². The molecule has 16 heavy (non-hydrogen) atoms. The second-order valence-corrected chi connectivity index (χ2v) is 5.77. The second kappa shape index (κ2) is 5.90. The van der Waals surface area contributed by atoms with Gasteiger partial charge in [0.25, 0.3) is 0 Å². The van der Waals surface area contributed by atoms with E-state index in [9.17, 15) is 0 Å². The Morgan fingerprint density at radius 3 is 2.19 bits per heavy atom. The third-order valence-electron chi connectivity index (χ3n) is 2.00. The molecular weight excluding hydrogens is 214 g/mol. The molecule has 2 heteroatoms. The van der Waals surface area contributed by atoms with Crippen molar-refractivity contribution in [3.05, 3.63) is 42.1 Å². The van der Waals surface area contributed by atoms with Crippen molar-refractivity contribution in [2.24, 2.45) is 4.99 Å². The van der Waals surface area contributed by atoms with E-state index < -0.39 is 0 Å². The average Bonchev–Trinajstić information content (AvgIpc) is 2.16. The van der Waals surface area contributed by atoms with Crippen LogP contribution in [0.4, 0.5) is 0 Å². The minimum absolute atomic E-state index is 0.621. The predicted octanol–water partition coefficient (Wildman–Crippen LogP) is 4.53. The molecule has 0 bridgehead atoms. The SMILES string of the molecule is C=C(C)N=C(C)c1ccc(SC(C)C)cc1. The molecule has 0 unspecified atom stereocenters. The largest absolute Gasteiger partial charge is 0.258 e. The Labute approximate surface area is 103 Å². The third kappa shape index (κ3) is 4.23. The zero-order chi connectivity index (χ0) is 12.1. The van der Waals surface area contributed by atoms with Gasteiger partial charge in [0.2, 0.25) is 0 Å². The Morgan fingerprint density at radius 1 is 1.19 bits per heavy atom. The Morgan fingerprint density at radius 2 is 1.75 bits per heavy atom. The van der Waals surface area contributed by atoms with Crippen LogP contribution in [0.2, 0.25) is 0 Å². The van der Waals surface area contributed by atoms with Crippen LogP contribution in [0, 0.1) is 0 Å². The van der Waals surface area contributed by atoms with Gasteiger partial charge in [0, 0.05) is 21.6 Å². The van der Waals surface area contributed by atoms with E-state index in [4.69, 9.17) is 0 Å². The van der Waals surface area contributed by atoms with E-state index >= 15 is 0 Å². The van der Waals surface area contributed by atoms with E-state index in [1.54, 1.807) is 0 Å². The summed E-state index contributed by atoms with van der Waals surface area (Å²) < 4.78 is 0. The highest BCUT2D eigenvalue weighted by Crippen LogP contribution is 2.23. The van der Waals surface area contributed by atoms with E-state index in [2.05, 4.69) is 49.7 Å². The first-order valence-electron chi connectivity index (χ1n) is 5.47. The van der Waals surface area contributed by atoms with Crippen molar-refractivity contribution in [2.45, 2.75) is 37.8 Å². The maximum Gasteiger partial charge on any atom is 0.0447 e. The number of benzene rings is 1. The molecule has 1 aromatic carbocycles. The Balaban J connectivity index is 2.82. The third-order valence-corrected chi connectivity index (χ3v) is 3.02. The minimum atomic E-state index is 0.621. The van der Waals surface area contributed by atoms with Gasteiger partial charge in [-0.1, -0.05) is 32.6 Å². The monoisotopic (exact) mass is 233 g/mol. The summed E-state index contributed by atoms with van der Waals surface area (Å²) in [4.78, 5) is 5.66. The van der Waals surface area contributed by atoms with E-state index in [1.165, 1.54) is 4.90 Å². The Kier molecular flexibility index (Phi) is 4.81. The van der Waals surface area contributed by atoms with Crippen LogP contribution in [0.5, 0.6) is 0 Å². The molecule has 0 radical (unpaired) electrons. The van der Waals surface area contributed by atoms with Gasteiger partial charge in [-0.3, -0.25) is 4.99 Å². The standard InChI is InChI=1S/C14H19NS/c1-10(2)15-12(5)13-6-8-14(9-7-13)16-11(3)4/h6-9,11H,1H2,2-5H3. The summed E-state index contributed by atoms with van der Waals surface area (Å²) in [5.74, 6) is 0. The number of nitrogens with zero attached hydrogens (tertiary/aromatic N) is 1. The van der Waals surface area contributed by atoms with Gasteiger partial charge in [0.05, 0.1) is 0 Å². The van der Waals surface area contributed by atoms with Crippen LogP contribution in [0.3, 0.4) is 0 Å². The lowest BCUT2D eigenvalue weighted by Gasteiger charge is -2.06. The smallest absolute Gasteiger partial charge is 0.0447 e. The van der Waals surface area contributed by atoms with E-state index in [-0.39, 0.29) is 0 Å². The summed E-state index contributed by atoms with van der Waals surface area (Å²) in [5.41, 5.74) is 3.03. The summed E-state index contributed by atoms with van der Waals surface area (Å²) in [6, 6.07) is 8.54. The molecule has 0 aromatic heterocycles. The number of hydrogen-bond donors (Lipinski definition) is 0. The number of rotatable bonds is 4. The minimum Gasteiger partial charge on any atom is -0.258 e. The first-order valence-corrected chi connectivity index (χ1v) is 6.35. The lowest BCUT2D eigenvalue weighted by Crippen LogP contribution is -1.94. The van der Waals surface area contributed by atoms with Gasteiger partial charge in [-0.05, 0) is 31.5 Å². The van der Waals surface area contributed by atoms with Crippen molar-refractivity contribution < 1.29 is 0 Å². The van der Waals surface area contributed by atoms with Gasteiger partial charge in [0.15, 0.2) is 0 Å². The van der Waals surface area contributed by atoms with Crippen molar-refractivity contribution in [2.75, 3.05) is 0 Å². The summed E-state index contributed by atoms with van der Waals surface area (Å²) in [7, 11) is 0. The molecule has 0 aliphatic heterocycles. The fourth-order valence-corrected chi connectivity index (χ4v) is 2.24. The lowest BCUT2D eigenvalue weighted by molar-refractivity contribution is 1.11. The molecule has 86 valence electrons. The van der Waals surface area contributed by atoms with Gasteiger partial charge in [0.1, 0.15) is 0 Å². The van der Waals surface area contributed by atoms with Crippen LogP contribution in [-0.2, 0) is 0 Å². The molecule has 0 heterocycles. The van der Waals surface area contributed by atoms with E-state index in [0.29, 0.717) is 5.25 Å². The van der Waals surface area contributed by atoms with Crippen LogP contribution in [0.1, 0.15) is 33.3 Å². The van der Waals surface area contributed by atoms with Crippen LogP contribution in [0.15, 0.2) is 46.4 Å². The number of allylic oxidation sites excluding steroid dienone is 1. The van der Waals surface area contributed by atoms with E-state index in [1.807, 2.05) is 25.6 Å². The number of thioether (sulfide) groups is 1. The summed E-state index contributed by atoms with van der Waals surface area (Å²) in [5, 5.41) is 0.621. The van der Waals surface area contributed by atoms with Crippen LogP contribution in [0.25, 0.3) is 0 Å². The predicted molar refractivity (Wildman–Crippen MR) is 74.5 cm³/mol. The van der Waals surface area contributed by atoms with Crippen LogP contribution < -0.4 is 0 Å². The van der Waals surface area contributed by atoms with Gasteiger partial charge < -0.3 is 0 Å². The zero-order valence-corrected chi connectivity index (χ0v) is 11.3. The van der Waals surface area contributed by atoms with E-state index in [0.717, 1.165) is 17.0 Å². The van der Waals surface area contributed by atoms with Gasteiger partial charge in [-0.15, -0.1) is 11.8 Å². The number of aliphatic imine (C=N–C) groups is 1. The van der Waals surface area contributed by atoms with Crippen molar-refractivity contribution in [1.29, 1.82) is 0 Å². The Bertz CT molecular complexity index is 388. The first-order chi connectivity index (χ1) is 7.49. The molecule has 0 N–H and O–H groups in total. The van der Waals surface area contributed by atoms with Crippen molar-refractivity contribution in [3.63, 3.8) is 0 Å². The summed E-state index contributed by atoms with van der Waals surface area (Å²) in [6.45, 7) is 12.1. The van der Waals surface area contributed by atoms with Crippen molar-refractivity contribution in [1.82, 2.24) is 0 Å². The maximum absolute atomic E-state index is 4.35. The van der Waals surface area contributed by atoms with Gasteiger partial charge in [-0.25, -0.2) is 0 Å². The molecule has 0 spiro atoms. The second-order valence-electron chi connectivity index (χ2n) is 4.12. The highest BCUT2D eigenvalue weighted by atomic mass is 32.2. The fourth-order valence-electron chi connectivity index (χ4n) is 1.40. The van der Waals surface area contributed by atoms with Crippen LogP contribution >= 0.6 is 11.8 Å². The quantitative estimate of drug-likeness (QED) is 0.550. The molecule has 0 amide bonds. The summed E-state index contributed by atoms with van der Waals surface area (Å²) >= 11 is 1.88. The molecule has 1 rings (SSSR count). The highest BCUT2D eigenvalue weighted by Gasteiger charge is 2.00. The molecule has 0 fully saturated rings. The molecular formula is C14H19NS. The highest BCUT2D eigenvalue weighted by molar-refractivity contribution is 7.99. The number of hydrogen-bond acceptors (Lipinski definition) is 2. The van der Waals surface area contributed by atoms with Gasteiger partial charge in [-0.2, -0.15) is 0 Å². The molecule has 0 atom stereocenters. The van der Waals surface area contributed by atoms with Crippen LogP contribution in [-0.4, -0.2) is 11.0 Å². The Hall–Kier alpha value is -1.02. The summed E-state index contributed by atoms with van der Waals surface area (Å²) in [6.07, 6.45) is 0. The molecule has 1 nitrogen and oxygen atoms in total. The fraction of sp³-hybridized carbons (Fsp3) is 0.357. The maximum atomic E-state index is 4.35. The molecule has 0 aliphatic rings. The van der Waals surface area contributed by atoms with Crippen molar-refractivity contribution in [3.8, 4) is 0 Å². The molecule has 0 saturated heterocycles. The molecule has 0 aliphatic carbocycles.